The summed E-state index contributed by atoms with van der Waals surface area (Å²) in [6, 6.07) is 11.0. The van der Waals surface area contributed by atoms with Gasteiger partial charge in [-0.2, -0.15) is 0 Å². The first-order chi connectivity index (χ1) is 57.9. The molecule has 12 aromatic rings. The summed E-state index contributed by atoms with van der Waals surface area (Å²) in [6.45, 7) is 36.0. The Morgan fingerprint density at radius 3 is 0.894 bits per heavy atom. The third kappa shape index (κ3) is 30.5. The summed E-state index contributed by atoms with van der Waals surface area (Å²) in [5, 5.41) is 6.02. The van der Waals surface area contributed by atoms with Gasteiger partial charge in [-0.15, -0.1) is 18.2 Å². The smallest absolute Gasteiger partial charge is 0.255 e. The molecule has 0 unspecified atom stereocenters. The number of sulfonamides is 1. The number of nitrogens with zero attached hydrogens (tertiary/aromatic N) is 18. The van der Waals surface area contributed by atoms with Crippen molar-refractivity contribution >= 4 is 160 Å². The van der Waals surface area contributed by atoms with Crippen molar-refractivity contribution in [2.24, 2.45) is 5.14 Å². The third-order valence-corrected chi connectivity index (χ3v) is 26.6. The number of nitrogen functional groups attached to an aromatic ring is 6. The third-order valence-electron chi connectivity index (χ3n) is 16.9. The topological polar surface area (TPSA) is 492 Å². The second-order valence-corrected chi connectivity index (χ2v) is 40.7. The van der Waals surface area contributed by atoms with Crippen LogP contribution in [-0.2, 0) is 19.9 Å². The Hall–Kier alpha value is -9.42. The van der Waals surface area contributed by atoms with Crippen LogP contribution in [0.3, 0.4) is 0 Å². The predicted octanol–water partition coefficient (Wildman–Crippen LogP) is 17.6. The van der Waals surface area contributed by atoms with Gasteiger partial charge in [0.25, 0.3) is 10.0 Å². The SMILES string of the molecule is C#Cc1cc(Sc2cnc(C)nc2N)c(C(C)C)cn1.COc1cc(Sc2cnc(C)nc2N)c(C(C)C)cn1.CSc1cc(Sc2cnc(C)nc2N)c(C(C)C)cn1.Cc1ncc(Sc2cc(I)ncc2C(C)C)c(N)n1.Cc1ncc(Sc2cc(S(C)(=O)=O)ncc2C(C)C)c(N)n1.Cc1ncc(Sc2cc(S(N)(=O)=O)ncc2C(C)C)c(N)n1. The first-order valence-corrected chi connectivity index (χ1v) is 48.5. The van der Waals surface area contributed by atoms with Gasteiger partial charge in [0.15, 0.2) is 19.9 Å². The van der Waals surface area contributed by atoms with E-state index in [1.165, 1.54) is 75.3 Å². The average Bonchev–Trinajstić information content (AvgIpc) is 0.808. The number of terminal acetylenes is 1. The maximum Gasteiger partial charge on any atom is 0.255 e. The second-order valence-electron chi connectivity index (χ2n) is 28.8. The van der Waals surface area contributed by atoms with Gasteiger partial charge < -0.3 is 39.1 Å². The van der Waals surface area contributed by atoms with Gasteiger partial charge >= 0.3 is 0 Å². The molecule has 0 fully saturated rings. The van der Waals surface area contributed by atoms with E-state index in [1.807, 2.05) is 98.6 Å². The quantitative estimate of drug-likeness (QED) is 0.0143. The Morgan fingerprint density at radius 1 is 0.350 bits per heavy atom. The number of methoxy groups -OCH3 is 1. The zero-order valence-electron chi connectivity index (χ0n) is 72.1. The predicted molar refractivity (Wildman–Crippen MR) is 505 cm³/mol. The lowest BCUT2D eigenvalue weighted by Crippen LogP contribution is -2.14. The average molecular weight is 1950 g/mol. The van der Waals surface area contributed by atoms with Crippen molar-refractivity contribution in [1.29, 1.82) is 0 Å². The van der Waals surface area contributed by atoms with Crippen LogP contribution in [0.2, 0.25) is 0 Å². The van der Waals surface area contributed by atoms with Gasteiger partial charge in [-0.3, -0.25) is 0 Å². The molecule has 30 nitrogen and oxygen atoms in total. The molecule has 0 amide bonds. The molecule has 40 heteroatoms. The molecule has 0 aliphatic carbocycles. The fourth-order valence-corrected chi connectivity index (χ4v) is 19.2. The van der Waals surface area contributed by atoms with Crippen LogP contribution in [0.5, 0.6) is 5.88 Å². The molecule has 0 bridgehead atoms. The number of rotatable bonds is 22. The fraction of sp³-hybridized carbons (Fsp3) is 0.325. The molecular formula is C83H102IN25O5S9. The number of anilines is 6. The Morgan fingerprint density at radius 2 is 0.610 bits per heavy atom. The van der Waals surface area contributed by atoms with Crippen LogP contribution >= 0.6 is 105 Å². The molecule has 0 saturated heterocycles. The lowest BCUT2D eigenvalue weighted by atomic mass is 10.1. The second kappa shape index (κ2) is 46.5. The van der Waals surface area contributed by atoms with Crippen LogP contribution in [0.25, 0.3) is 0 Å². The highest BCUT2D eigenvalue weighted by Crippen LogP contribution is 2.43. The van der Waals surface area contributed by atoms with Gasteiger partial charge in [0, 0.05) is 116 Å². The number of hydrogen-bond donors (Lipinski definition) is 7. The molecule has 0 saturated carbocycles. The molecule has 123 heavy (non-hydrogen) atoms. The van der Waals surface area contributed by atoms with Gasteiger partial charge in [-0.05, 0) is 170 Å². The number of pyridine rings is 6. The van der Waals surface area contributed by atoms with E-state index in [0.29, 0.717) is 120 Å². The molecule has 0 radical (unpaired) electrons. The molecule has 0 aliphatic rings. The number of hydrogen-bond acceptors (Lipinski definition) is 36. The summed E-state index contributed by atoms with van der Waals surface area (Å²) in [5.41, 5.74) is 42.8. The first kappa shape index (κ1) is 101. The number of ether oxygens (including phenoxy) is 1. The summed E-state index contributed by atoms with van der Waals surface area (Å²) in [7, 11) is -5.62. The van der Waals surface area contributed by atoms with Crippen LogP contribution in [0.15, 0.2) is 185 Å². The van der Waals surface area contributed by atoms with E-state index in [1.54, 1.807) is 106 Å². The maximum atomic E-state index is 11.7. The molecule has 12 rings (SSSR count). The zero-order valence-corrected chi connectivity index (χ0v) is 81.6. The minimum absolute atomic E-state index is 0.0472. The zero-order chi connectivity index (χ0) is 91.1. The van der Waals surface area contributed by atoms with Crippen molar-refractivity contribution in [3.8, 4) is 18.2 Å². The molecule has 0 spiro atoms. The number of thioether (sulfide) groups is 1. The van der Waals surface area contributed by atoms with Crippen molar-refractivity contribution in [1.82, 2.24) is 89.7 Å². The lowest BCUT2D eigenvalue weighted by Gasteiger charge is -2.13. The van der Waals surface area contributed by atoms with E-state index in [4.69, 9.17) is 50.7 Å². The first-order valence-electron chi connectivity index (χ1n) is 37.9. The van der Waals surface area contributed by atoms with Crippen LogP contribution < -0.4 is 44.3 Å². The van der Waals surface area contributed by atoms with E-state index in [2.05, 4.69) is 186 Å². The van der Waals surface area contributed by atoms with E-state index in [0.717, 1.165) is 76.4 Å². The molecule has 12 heterocycles. The Kier molecular flexibility index (Phi) is 38.1. The van der Waals surface area contributed by atoms with Crippen molar-refractivity contribution in [2.45, 2.75) is 234 Å². The number of aryl methyl sites for hydroxylation is 6. The van der Waals surface area contributed by atoms with Gasteiger partial charge in [-0.1, -0.05) is 160 Å². The fourth-order valence-electron chi connectivity index (χ4n) is 10.4. The van der Waals surface area contributed by atoms with Crippen molar-refractivity contribution in [3.05, 3.63) is 188 Å². The Bertz CT molecular complexity index is 5730. The van der Waals surface area contributed by atoms with E-state index >= 15 is 0 Å². The van der Waals surface area contributed by atoms with E-state index in [-0.39, 0.29) is 21.9 Å². The van der Waals surface area contributed by atoms with Crippen LogP contribution in [0, 0.1) is 57.6 Å². The number of nitrogens with two attached hydrogens (primary N) is 7. The molecule has 0 aromatic carbocycles. The lowest BCUT2D eigenvalue weighted by molar-refractivity contribution is 0.396. The summed E-state index contributed by atoms with van der Waals surface area (Å²) in [6.07, 6.45) is 29.6. The van der Waals surface area contributed by atoms with Crippen molar-refractivity contribution in [2.75, 3.05) is 54.0 Å². The maximum absolute atomic E-state index is 11.7. The van der Waals surface area contributed by atoms with Gasteiger partial charge in [0.2, 0.25) is 5.88 Å². The Labute approximate surface area is 764 Å². The molecule has 14 N–H and O–H groups in total. The van der Waals surface area contributed by atoms with Gasteiger partial charge in [0.1, 0.15) is 79.2 Å². The Balaban J connectivity index is 0.000000203. The highest BCUT2D eigenvalue weighted by Gasteiger charge is 2.22. The number of halogens is 1. The molecule has 12 aromatic heterocycles. The van der Waals surface area contributed by atoms with E-state index in [9.17, 15) is 16.8 Å². The summed E-state index contributed by atoms with van der Waals surface area (Å²) in [4.78, 5) is 86.0. The van der Waals surface area contributed by atoms with E-state index < -0.39 is 19.9 Å². The number of sulfone groups is 1. The minimum atomic E-state index is -3.86. The van der Waals surface area contributed by atoms with Crippen LogP contribution in [-0.4, -0.2) is 126 Å². The molecule has 0 aliphatic heterocycles. The minimum Gasteiger partial charge on any atom is -0.481 e. The number of primary sulfonamides is 1. The summed E-state index contributed by atoms with van der Waals surface area (Å²) < 4.78 is 52.6. The van der Waals surface area contributed by atoms with Crippen molar-refractivity contribution in [3.63, 3.8) is 0 Å². The van der Waals surface area contributed by atoms with Gasteiger partial charge in [-0.25, -0.2) is 112 Å². The summed E-state index contributed by atoms with van der Waals surface area (Å²) >= 11 is 12.8. The monoisotopic (exact) mass is 1940 g/mol. The summed E-state index contributed by atoms with van der Waals surface area (Å²) in [5.74, 6) is 11.7. The highest BCUT2D eigenvalue weighted by atomic mass is 127. The molecule has 0 atom stereocenters. The van der Waals surface area contributed by atoms with Crippen molar-refractivity contribution < 1.29 is 21.6 Å². The number of aromatic nitrogens is 18. The molecular weight excluding hydrogens is 1840 g/mol. The van der Waals surface area contributed by atoms with Crippen LogP contribution in [0.1, 0.15) is 193 Å². The van der Waals surface area contributed by atoms with Crippen LogP contribution in [0.4, 0.5) is 34.9 Å². The normalized spacial score (nSPS) is 11.2. The largest absolute Gasteiger partial charge is 0.481 e. The standard InChI is InChI=1S/C15H16N4S.C14H18N4O2S2.C14H18N4OS.C14H18N4S2.C13H15IN4S.C13H17N5O2S2/c1-5-11-6-13(12(7-18-11)9(2)3)20-14-8-17-10(4)19-15(14)16;1-8(2)10-6-17-13(22(4,19)20)5-11(10)21-12-7-16-9(3)18-14(12)15;2*1-8(2)10-6-17-13(19-4)5-11(10)20-12-7-16-9(3)18-14(12)15;1-7(2)9-5-17-12(14)4-10(9)19-11-6-16-8(3)18-13(11)15;1-7(2)9-5-17-12(22(15,19)20)4-10(9)21-11-6-16-8(3)18-13(11)14/h1,6-9H,2-4H3,(H2,16,17,19);5-8H,1-4H3,(H2,15,16,18);2*5-8H,1-4H3,(H2,15,16,18);4-7H,1-3H3,(H2,15,16,18);4-7H,1-3H3,(H2,14,16,18)(H2,15,19,20). The highest BCUT2D eigenvalue weighted by molar-refractivity contribution is 14.1. The van der Waals surface area contributed by atoms with Gasteiger partial charge in [0.05, 0.1) is 41.5 Å². The molecule has 650 valence electrons.